The molecule has 2 aromatic carbocycles. The minimum atomic E-state index is -1.57. The second-order valence-corrected chi connectivity index (χ2v) is 4.69. The Balaban J connectivity index is 2.24. The molecule has 2 aromatic rings. The van der Waals surface area contributed by atoms with Gasteiger partial charge < -0.3 is 10.4 Å². The van der Waals surface area contributed by atoms with Crippen LogP contribution in [0.1, 0.15) is 11.1 Å². The van der Waals surface area contributed by atoms with Crippen LogP contribution >= 0.6 is 0 Å². The van der Waals surface area contributed by atoms with Gasteiger partial charge in [0.05, 0.1) is 16.3 Å². The van der Waals surface area contributed by atoms with Crippen LogP contribution in [0.4, 0.5) is 11.4 Å². The Morgan fingerprint density at radius 3 is 2.59 bits per heavy atom. The molecule has 22 heavy (non-hydrogen) atoms. The number of fused-ring (bicyclic) bond motifs is 1. The van der Waals surface area contributed by atoms with E-state index in [4.69, 9.17) is 0 Å². The number of aliphatic hydroxyl groups excluding tert-OH is 1. The maximum absolute atomic E-state index is 11.8. The summed E-state index contributed by atoms with van der Waals surface area (Å²) in [6.07, 6.45) is -1.57. The van der Waals surface area contributed by atoms with E-state index in [1.54, 1.807) is 24.3 Å². The molecule has 0 aliphatic carbocycles. The largest absolute Gasteiger partial charge is 0.364 e. The number of rotatable bonds is 2. The van der Waals surface area contributed by atoms with Crippen LogP contribution in [0.15, 0.2) is 53.5 Å². The number of nitrogens with one attached hydrogen (secondary N) is 1. The van der Waals surface area contributed by atoms with Crippen molar-refractivity contribution >= 4 is 23.0 Å². The molecule has 7 nitrogen and oxygen atoms in total. The van der Waals surface area contributed by atoms with Gasteiger partial charge in [-0.1, -0.05) is 30.3 Å². The smallest absolute Gasteiger partial charge is 0.276 e. The molecule has 0 radical (unpaired) electrons. The number of amides is 1. The lowest BCUT2D eigenvalue weighted by Gasteiger charge is -2.09. The summed E-state index contributed by atoms with van der Waals surface area (Å²) in [4.78, 5) is 26.2. The maximum atomic E-state index is 11.8. The van der Waals surface area contributed by atoms with E-state index in [0.29, 0.717) is 22.5 Å². The van der Waals surface area contributed by atoms with E-state index in [2.05, 4.69) is 10.3 Å². The van der Waals surface area contributed by atoms with Gasteiger partial charge in [0.15, 0.2) is 0 Å². The van der Waals surface area contributed by atoms with Gasteiger partial charge in [0.25, 0.3) is 11.6 Å². The highest BCUT2D eigenvalue weighted by molar-refractivity contribution is 6.19. The van der Waals surface area contributed by atoms with Crippen LogP contribution in [0.25, 0.3) is 0 Å². The van der Waals surface area contributed by atoms with Gasteiger partial charge in [0, 0.05) is 23.3 Å². The fraction of sp³-hybridized carbons (Fsp3) is 0.0667. The zero-order valence-corrected chi connectivity index (χ0v) is 11.3. The van der Waals surface area contributed by atoms with Crippen molar-refractivity contribution in [2.45, 2.75) is 6.23 Å². The molecule has 110 valence electrons. The average Bonchev–Trinajstić information content (AvgIpc) is 2.65. The van der Waals surface area contributed by atoms with Gasteiger partial charge in [-0.25, -0.2) is 4.99 Å². The molecule has 1 amide bonds. The van der Waals surface area contributed by atoms with Gasteiger partial charge in [-0.05, 0) is 6.07 Å². The molecule has 0 saturated carbocycles. The predicted molar refractivity (Wildman–Crippen MR) is 79.8 cm³/mol. The van der Waals surface area contributed by atoms with Crippen molar-refractivity contribution in [2.24, 2.45) is 4.99 Å². The lowest BCUT2D eigenvalue weighted by Crippen LogP contribution is -2.24. The Bertz CT molecular complexity index is 787. The number of aliphatic imine (C=N–C) groups is 1. The number of benzodiazepines with no additional fused rings is 1. The van der Waals surface area contributed by atoms with E-state index >= 15 is 0 Å². The van der Waals surface area contributed by atoms with Crippen LogP contribution < -0.4 is 5.32 Å². The summed E-state index contributed by atoms with van der Waals surface area (Å²) in [5.41, 5.74) is 1.62. The molecule has 3 rings (SSSR count). The lowest BCUT2D eigenvalue weighted by molar-refractivity contribution is -0.384. The van der Waals surface area contributed by atoms with Gasteiger partial charge in [0.1, 0.15) is 0 Å². The van der Waals surface area contributed by atoms with Crippen LogP contribution in [0.3, 0.4) is 0 Å². The number of benzene rings is 2. The van der Waals surface area contributed by atoms with Crippen molar-refractivity contribution in [1.82, 2.24) is 0 Å². The summed E-state index contributed by atoms with van der Waals surface area (Å²) in [7, 11) is 0. The Morgan fingerprint density at radius 2 is 1.91 bits per heavy atom. The number of carbonyl (C=O) groups excluding carboxylic acids is 1. The first kappa shape index (κ1) is 13.9. The molecular weight excluding hydrogens is 286 g/mol. The fourth-order valence-electron chi connectivity index (χ4n) is 2.22. The van der Waals surface area contributed by atoms with E-state index in [-0.39, 0.29) is 5.69 Å². The molecule has 2 N–H and O–H groups in total. The Labute approximate surface area is 125 Å². The monoisotopic (exact) mass is 297 g/mol. The van der Waals surface area contributed by atoms with Crippen LogP contribution in [0.5, 0.6) is 0 Å². The third-order valence-corrected chi connectivity index (χ3v) is 3.26. The fourth-order valence-corrected chi connectivity index (χ4v) is 2.22. The van der Waals surface area contributed by atoms with E-state index in [1.807, 2.05) is 6.07 Å². The summed E-state index contributed by atoms with van der Waals surface area (Å²) in [5, 5.41) is 23.3. The number of anilines is 1. The first-order valence-electron chi connectivity index (χ1n) is 6.47. The zero-order valence-electron chi connectivity index (χ0n) is 11.3. The lowest BCUT2D eigenvalue weighted by atomic mass is 10.00. The highest BCUT2D eigenvalue weighted by Gasteiger charge is 2.25. The Kier molecular flexibility index (Phi) is 3.40. The van der Waals surface area contributed by atoms with E-state index in [9.17, 15) is 20.0 Å². The molecule has 0 bridgehead atoms. The quantitative estimate of drug-likeness (QED) is 0.650. The number of nitro benzene ring substituents is 1. The van der Waals surface area contributed by atoms with Crippen molar-refractivity contribution in [3.05, 3.63) is 69.8 Å². The molecule has 0 fully saturated rings. The van der Waals surface area contributed by atoms with Crippen molar-refractivity contribution in [1.29, 1.82) is 0 Å². The zero-order chi connectivity index (χ0) is 15.7. The minimum absolute atomic E-state index is 0.118. The normalized spacial score (nSPS) is 17.0. The van der Waals surface area contributed by atoms with Crippen molar-refractivity contribution in [3.8, 4) is 0 Å². The molecule has 1 atom stereocenters. The number of hydrogen-bond donors (Lipinski definition) is 2. The number of hydrogen-bond acceptors (Lipinski definition) is 5. The Morgan fingerprint density at radius 1 is 1.18 bits per heavy atom. The highest BCUT2D eigenvalue weighted by Crippen LogP contribution is 2.27. The topological polar surface area (TPSA) is 105 Å². The molecule has 1 aliphatic rings. The van der Waals surface area contributed by atoms with Crippen molar-refractivity contribution in [2.75, 3.05) is 5.32 Å². The SMILES string of the molecule is O=C1Nc2ccc([N+](=O)[O-])cc2C(c2ccccc2)=NC1O. The summed E-state index contributed by atoms with van der Waals surface area (Å²) >= 11 is 0. The second kappa shape index (κ2) is 5.38. The number of nitro groups is 1. The first-order chi connectivity index (χ1) is 10.6. The van der Waals surface area contributed by atoms with E-state index in [1.165, 1.54) is 18.2 Å². The van der Waals surface area contributed by atoms with Gasteiger partial charge in [-0.3, -0.25) is 14.9 Å². The molecule has 1 heterocycles. The molecule has 0 spiro atoms. The molecular formula is C15H11N3O4. The predicted octanol–water partition coefficient (Wildman–Crippen LogP) is 1.70. The number of aliphatic hydroxyl groups is 1. The van der Waals surface area contributed by atoms with Gasteiger partial charge in [-0.15, -0.1) is 0 Å². The molecule has 1 unspecified atom stereocenters. The molecule has 0 saturated heterocycles. The van der Waals surface area contributed by atoms with Gasteiger partial charge >= 0.3 is 0 Å². The highest BCUT2D eigenvalue weighted by atomic mass is 16.6. The average molecular weight is 297 g/mol. The van der Waals surface area contributed by atoms with Crippen molar-refractivity contribution in [3.63, 3.8) is 0 Å². The maximum Gasteiger partial charge on any atom is 0.276 e. The van der Waals surface area contributed by atoms with Crippen molar-refractivity contribution < 1.29 is 14.8 Å². The van der Waals surface area contributed by atoms with Gasteiger partial charge in [0.2, 0.25) is 6.23 Å². The molecule has 1 aliphatic heterocycles. The molecule has 0 aromatic heterocycles. The first-order valence-corrected chi connectivity index (χ1v) is 6.47. The van der Waals surface area contributed by atoms with Gasteiger partial charge in [-0.2, -0.15) is 0 Å². The van der Waals surface area contributed by atoms with Crippen LogP contribution in [0.2, 0.25) is 0 Å². The minimum Gasteiger partial charge on any atom is -0.364 e. The summed E-state index contributed by atoms with van der Waals surface area (Å²) < 4.78 is 0. The van der Waals surface area contributed by atoms with Crippen LogP contribution in [-0.4, -0.2) is 27.9 Å². The summed E-state index contributed by atoms with van der Waals surface area (Å²) in [6, 6.07) is 12.9. The van der Waals surface area contributed by atoms with Crippen LogP contribution in [0, 0.1) is 10.1 Å². The van der Waals surface area contributed by atoms with E-state index in [0.717, 1.165) is 0 Å². The third-order valence-electron chi connectivity index (χ3n) is 3.26. The molecule has 7 heteroatoms. The number of nitrogens with zero attached hydrogens (tertiary/aromatic N) is 2. The summed E-state index contributed by atoms with van der Waals surface area (Å²) in [6.45, 7) is 0. The second-order valence-electron chi connectivity index (χ2n) is 4.69. The Hall–Kier alpha value is -3.06. The number of carbonyl (C=O) groups is 1. The number of non-ortho nitro benzene ring substituents is 1. The third kappa shape index (κ3) is 2.45. The summed E-state index contributed by atoms with van der Waals surface area (Å²) in [5.74, 6) is -0.680. The van der Waals surface area contributed by atoms with E-state index < -0.39 is 17.1 Å². The standard InChI is InChI=1S/C15H11N3O4/c19-14-15(20)17-13(9-4-2-1-3-5-9)11-8-10(18(21)22)6-7-12(11)16-14/h1-8,15,20H,(H,16,19). The van der Waals surface area contributed by atoms with Crippen LogP contribution in [-0.2, 0) is 4.79 Å².